The van der Waals surface area contributed by atoms with Crippen LogP contribution in [0.3, 0.4) is 0 Å². The summed E-state index contributed by atoms with van der Waals surface area (Å²) in [6, 6.07) is 8.66. The van der Waals surface area contributed by atoms with Gasteiger partial charge in [0, 0.05) is 9.72 Å². The zero-order valence-corrected chi connectivity index (χ0v) is 8.49. The number of benzene rings is 1. The van der Waals surface area contributed by atoms with Crippen LogP contribution in [0.4, 0.5) is 0 Å². The SMILES string of the molecule is Brc1ccc(C2CCS2)cc1. The lowest BCUT2D eigenvalue weighted by atomic mass is 10.1. The maximum Gasteiger partial charge on any atom is 0.0305 e. The first kappa shape index (κ1) is 7.69. The molecular weight excluding hydrogens is 220 g/mol. The van der Waals surface area contributed by atoms with E-state index in [1.165, 1.54) is 22.2 Å². The van der Waals surface area contributed by atoms with Crippen LogP contribution in [0.15, 0.2) is 28.7 Å². The van der Waals surface area contributed by atoms with Gasteiger partial charge in [-0.25, -0.2) is 0 Å². The number of halogens is 1. The summed E-state index contributed by atoms with van der Waals surface area (Å²) in [6.07, 6.45) is 1.35. The highest BCUT2D eigenvalue weighted by Crippen LogP contribution is 2.42. The first-order chi connectivity index (χ1) is 5.36. The lowest BCUT2D eigenvalue weighted by molar-refractivity contribution is 0.849. The maximum atomic E-state index is 3.43. The minimum absolute atomic E-state index is 0.781. The van der Waals surface area contributed by atoms with Gasteiger partial charge in [0.15, 0.2) is 0 Å². The molecule has 1 aromatic carbocycles. The highest BCUT2D eigenvalue weighted by atomic mass is 79.9. The predicted octanol–water partition coefficient (Wildman–Crippen LogP) is 3.63. The fourth-order valence-electron chi connectivity index (χ4n) is 1.18. The highest BCUT2D eigenvalue weighted by Gasteiger charge is 2.19. The minimum Gasteiger partial charge on any atom is -0.154 e. The molecule has 1 aliphatic rings. The van der Waals surface area contributed by atoms with Gasteiger partial charge in [-0.2, -0.15) is 11.8 Å². The summed E-state index contributed by atoms with van der Waals surface area (Å²) in [5.41, 5.74) is 1.48. The second kappa shape index (κ2) is 3.20. The van der Waals surface area contributed by atoms with Crippen molar-refractivity contribution in [2.24, 2.45) is 0 Å². The van der Waals surface area contributed by atoms with Crippen molar-refractivity contribution >= 4 is 27.7 Å². The summed E-state index contributed by atoms with van der Waals surface area (Å²) >= 11 is 5.48. The van der Waals surface area contributed by atoms with Crippen molar-refractivity contribution in [3.8, 4) is 0 Å². The molecule has 2 heteroatoms. The van der Waals surface area contributed by atoms with Crippen molar-refractivity contribution in [3.63, 3.8) is 0 Å². The highest BCUT2D eigenvalue weighted by molar-refractivity contribution is 9.10. The van der Waals surface area contributed by atoms with E-state index in [1.54, 1.807) is 0 Å². The van der Waals surface area contributed by atoms with Gasteiger partial charge in [0.05, 0.1) is 0 Å². The van der Waals surface area contributed by atoms with Crippen LogP contribution in [0.25, 0.3) is 0 Å². The molecule has 0 nitrogen and oxygen atoms in total. The fourth-order valence-corrected chi connectivity index (χ4v) is 2.26. The molecule has 1 atom stereocenters. The Labute approximate surface area is 79.5 Å². The number of thioether (sulfide) groups is 1. The van der Waals surface area contributed by atoms with Crippen molar-refractivity contribution in [2.75, 3.05) is 5.75 Å². The van der Waals surface area contributed by atoms with E-state index in [0.29, 0.717) is 0 Å². The van der Waals surface area contributed by atoms with Gasteiger partial charge < -0.3 is 0 Å². The number of hydrogen-bond acceptors (Lipinski definition) is 1. The zero-order valence-electron chi connectivity index (χ0n) is 6.09. The Bertz CT molecular complexity index is 238. The molecule has 0 saturated carbocycles. The average Bonchev–Trinajstić information content (AvgIpc) is 1.90. The molecule has 0 aromatic heterocycles. The second-order valence-corrected chi connectivity index (χ2v) is 4.93. The molecule has 1 aliphatic heterocycles. The Hall–Kier alpha value is 0.0500. The van der Waals surface area contributed by atoms with Gasteiger partial charge in [-0.15, -0.1) is 0 Å². The molecule has 1 fully saturated rings. The fraction of sp³-hybridized carbons (Fsp3) is 0.333. The molecule has 1 unspecified atom stereocenters. The van der Waals surface area contributed by atoms with Gasteiger partial charge in [0.25, 0.3) is 0 Å². The van der Waals surface area contributed by atoms with Crippen LogP contribution in [0.5, 0.6) is 0 Å². The van der Waals surface area contributed by atoms with Crippen molar-refractivity contribution in [1.29, 1.82) is 0 Å². The van der Waals surface area contributed by atoms with Crippen LogP contribution in [0, 0.1) is 0 Å². The van der Waals surface area contributed by atoms with Crippen LogP contribution in [0.1, 0.15) is 17.2 Å². The lowest BCUT2D eigenvalue weighted by Gasteiger charge is -2.25. The molecule has 58 valence electrons. The Morgan fingerprint density at radius 3 is 2.36 bits per heavy atom. The quantitative estimate of drug-likeness (QED) is 0.708. The standard InChI is InChI=1S/C9H9BrS/c10-8-3-1-7(2-4-8)9-5-6-11-9/h1-4,9H,5-6H2. The molecule has 2 rings (SSSR count). The molecule has 0 spiro atoms. The first-order valence-electron chi connectivity index (χ1n) is 3.73. The summed E-state index contributed by atoms with van der Waals surface area (Å²) in [7, 11) is 0. The molecule has 0 aliphatic carbocycles. The Balaban J connectivity index is 2.18. The minimum atomic E-state index is 0.781. The summed E-state index contributed by atoms with van der Waals surface area (Å²) in [4.78, 5) is 0. The van der Waals surface area contributed by atoms with Crippen LogP contribution in [-0.2, 0) is 0 Å². The summed E-state index contributed by atoms with van der Waals surface area (Å²) in [5, 5.41) is 0.781. The van der Waals surface area contributed by atoms with E-state index in [2.05, 4.69) is 40.2 Å². The van der Waals surface area contributed by atoms with Crippen molar-refractivity contribution in [1.82, 2.24) is 0 Å². The molecule has 1 heterocycles. The molecule has 0 radical (unpaired) electrons. The molecule has 11 heavy (non-hydrogen) atoms. The topological polar surface area (TPSA) is 0 Å². The van der Waals surface area contributed by atoms with Gasteiger partial charge in [-0.3, -0.25) is 0 Å². The Morgan fingerprint density at radius 1 is 1.27 bits per heavy atom. The van der Waals surface area contributed by atoms with Crippen LogP contribution >= 0.6 is 27.7 Å². The second-order valence-electron chi connectivity index (χ2n) is 2.70. The van der Waals surface area contributed by atoms with Crippen LogP contribution in [-0.4, -0.2) is 5.75 Å². The van der Waals surface area contributed by atoms with Gasteiger partial charge >= 0.3 is 0 Å². The smallest absolute Gasteiger partial charge is 0.0305 e. The van der Waals surface area contributed by atoms with E-state index in [9.17, 15) is 0 Å². The predicted molar refractivity (Wildman–Crippen MR) is 54.0 cm³/mol. The molecule has 1 saturated heterocycles. The number of rotatable bonds is 1. The van der Waals surface area contributed by atoms with Gasteiger partial charge in [-0.1, -0.05) is 28.1 Å². The molecule has 1 aromatic rings. The third kappa shape index (κ3) is 1.62. The maximum absolute atomic E-state index is 3.43. The molecule has 0 bridgehead atoms. The van der Waals surface area contributed by atoms with E-state index < -0.39 is 0 Å². The zero-order chi connectivity index (χ0) is 7.68. The summed E-state index contributed by atoms with van der Waals surface area (Å²) in [5.74, 6) is 1.33. The van der Waals surface area contributed by atoms with E-state index in [-0.39, 0.29) is 0 Å². The van der Waals surface area contributed by atoms with Crippen molar-refractivity contribution in [2.45, 2.75) is 11.7 Å². The van der Waals surface area contributed by atoms with E-state index in [4.69, 9.17) is 0 Å². The monoisotopic (exact) mass is 228 g/mol. The average molecular weight is 229 g/mol. The molecule has 0 N–H and O–H groups in total. The van der Waals surface area contributed by atoms with Gasteiger partial charge in [0.2, 0.25) is 0 Å². The summed E-state index contributed by atoms with van der Waals surface area (Å²) < 4.78 is 1.17. The van der Waals surface area contributed by atoms with E-state index in [0.717, 1.165) is 5.25 Å². The van der Waals surface area contributed by atoms with E-state index >= 15 is 0 Å². The molecular formula is C9H9BrS. The lowest BCUT2D eigenvalue weighted by Crippen LogP contribution is -2.06. The largest absolute Gasteiger partial charge is 0.154 e. The Kier molecular flexibility index (Phi) is 2.23. The Morgan fingerprint density at radius 2 is 1.91 bits per heavy atom. The number of hydrogen-bond donors (Lipinski definition) is 0. The van der Waals surface area contributed by atoms with Crippen LogP contribution in [0.2, 0.25) is 0 Å². The van der Waals surface area contributed by atoms with Crippen molar-refractivity contribution in [3.05, 3.63) is 34.3 Å². The summed E-state index contributed by atoms with van der Waals surface area (Å²) in [6.45, 7) is 0. The third-order valence-electron chi connectivity index (χ3n) is 1.94. The van der Waals surface area contributed by atoms with Gasteiger partial charge in [-0.05, 0) is 29.9 Å². The van der Waals surface area contributed by atoms with Crippen LogP contribution < -0.4 is 0 Å². The first-order valence-corrected chi connectivity index (χ1v) is 5.57. The third-order valence-corrected chi connectivity index (χ3v) is 3.85. The van der Waals surface area contributed by atoms with E-state index in [1.807, 2.05) is 11.8 Å². The van der Waals surface area contributed by atoms with Gasteiger partial charge in [0.1, 0.15) is 0 Å². The van der Waals surface area contributed by atoms with Crippen molar-refractivity contribution < 1.29 is 0 Å². The normalized spacial score (nSPS) is 22.8. The molecule has 0 amide bonds.